The number of carboxylic acid groups (broad SMARTS) is 1. The Labute approximate surface area is 174 Å². The summed E-state index contributed by atoms with van der Waals surface area (Å²) >= 11 is 0. The van der Waals surface area contributed by atoms with E-state index >= 15 is 0 Å². The Morgan fingerprint density at radius 1 is 1.07 bits per heavy atom. The molecule has 0 saturated carbocycles. The van der Waals surface area contributed by atoms with E-state index in [9.17, 15) is 14.4 Å². The lowest BCUT2D eigenvalue weighted by Crippen LogP contribution is -2.48. The number of hydrogen-bond donors (Lipinski definition) is 3. The third-order valence-electron chi connectivity index (χ3n) is 5.03. The highest BCUT2D eigenvalue weighted by atomic mass is 16.5. The summed E-state index contributed by atoms with van der Waals surface area (Å²) in [4.78, 5) is 35.3. The summed E-state index contributed by atoms with van der Waals surface area (Å²) in [5, 5.41) is 13.5. The molecule has 7 nitrogen and oxygen atoms in total. The highest BCUT2D eigenvalue weighted by molar-refractivity contribution is 5.88. The van der Waals surface area contributed by atoms with Crippen LogP contribution >= 0.6 is 0 Å². The van der Waals surface area contributed by atoms with Crippen LogP contribution in [0.4, 0.5) is 4.79 Å². The van der Waals surface area contributed by atoms with E-state index in [0.29, 0.717) is 12.8 Å². The van der Waals surface area contributed by atoms with Crippen LogP contribution in [0.2, 0.25) is 0 Å². The smallest absolute Gasteiger partial charge is 0.407 e. The topological polar surface area (TPSA) is 105 Å². The first kappa shape index (κ1) is 21.1. The number of ether oxygens (including phenoxy) is 1. The van der Waals surface area contributed by atoms with Crippen molar-refractivity contribution >= 4 is 18.0 Å². The lowest BCUT2D eigenvalue weighted by atomic mass is 9.98. The van der Waals surface area contributed by atoms with Crippen LogP contribution in [-0.4, -0.2) is 42.3 Å². The van der Waals surface area contributed by atoms with Crippen LogP contribution in [-0.2, 0) is 14.3 Å². The second-order valence-electron chi connectivity index (χ2n) is 7.00. The molecule has 3 N–H and O–H groups in total. The quantitative estimate of drug-likeness (QED) is 0.553. The van der Waals surface area contributed by atoms with Crippen LogP contribution in [0.3, 0.4) is 0 Å². The maximum absolute atomic E-state index is 12.4. The third-order valence-corrected chi connectivity index (χ3v) is 5.03. The number of fused-ring (bicyclic) bond motifs is 3. The highest BCUT2D eigenvalue weighted by Crippen LogP contribution is 2.44. The molecule has 2 aromatic rings. The van der Waals surface area contributed by atoms with Crippen molar-refractivity contribution in [1.82, 2.24) is 10.6 Å². The molecule has 1 unspecified atom stereocenters. The molecule has 0 heterocycles. The standard InChI is InChI=1S/C23H24N2O5/c1-2-3-12-20(22(28)24-13-21(26)27)25-23(29)30-14-19-17-10-6-4-8-15(17)16-9-5-7-11-18(16)19/h2,4-11,19-20H,1,3,12-14H2,(H,24,28)(H,25,29)(H,26,27). The molecule has 1 atom stereocenters. The molecule has 0 aromatic heterocycles. The second kappa shape index (κ2) is 9.73. The average Bonchev–Trinajstić information content (AvgIpc) is 3.07. The van der Waals surface area contributed by atoms with Crippen molar-refractivity contribution in [1.29, 1.82) is 0 Å². The molecule has 0 aliphatic heterocycles. The molecule has 0 saturated heterocycles. The van der Waals surface area contributed by atoms with Crippen LogP contribution in [0.5, 0.6) is 0 Å². The van der Waals surface area contributed by atoms with E-state index in [0.717, 1.165) is 22.3 Å². The molecule has 0 spiro atoms. The van der Waals surface area contributed by atoms with Crippen LogP contribution in [0.15, 0.2) is 61.2 Å². The van der Waals surface area contributed by atoms with Gasteiger partial charge in [0.25, 0.3) is 0 Å². The maximum Gasteiger partial charge on any atom is 0.407 e. The minimum atomic E-state index is -1.16. The number of nitrogens with one attached hydrogen (secondary N) is 2. The fourth-order valence-electron chi connectivity index (χ4n) is 3.62. The number of benzene rings is 2. The number of aliphatic carboxylic acids is 1. The molecular formula is C23H24N2O5. The van der Waals surface area contributed by atoms with Crippen molar-refractivity contribution in [3.8, 4) is 11.1 Å². The van der Waals surface area contributed by atoms with Gasteiger partial charge in [-0.3, -0.25) is 9.59 Å². The highest BCUT2D eigenvalue weighted by Gasteiger charge is 2.29. The normalized spacial score (nSPS) is 12.9. The van der Waals surface area contributed by atoms with Crippen molar-refractivity contribution in [3.05, 3.63) is 72.3 Å². The van der Waals surface area contributed by atoms with Crippen molar-refractivity contribution in [2.45, 2.75) is 24.8 Å². The van der Waals surface area contributed by atoms with Gasteiger partial charge in [0.2, 0.25) is 5.91 Å². The third kappa shape index (κ3) is 4.86. The van der Waals surface area contributed by atoms with E-state index in [-0.39, 0.29) is 12.5 Å². The molecule has 0 radical (unpaired) electrons. The summed E-state index contributed by atoms with van der Waals surface area (Å²) in [6.07, 6.45) is 1.67. The van der Waals surface area contributed by atoms with Gasteiger partial charge in [0.1, 0.15) is 19.2 Å². The van der Waals surface area contributed by atoms with Gasteiger partial charge in [-0.1, -0.05) is 54.6 Å². The van der Waals surface area contributed by atoms with E-state index in [1.54, 1.807) is 6.08 Å². The second-order valence-corrected chi connectivity index (χ2v) is 7.00. The number of amides is 2. The van der Waals surface area contributed by atoms with E-state index in [2.05, 4.69) is 17.2 Å². The number of allylic oxidation sites excluding steroid dienone is 1. The first-order chi connectivity index (χ1) is 14.5. The molecule has 2 amide bonds. The Kier molecular flexibility index (Phi) is 6.85. The average molecular weight is 408 g/mol. The lowest BCUT2D eigenvalue weighted by Gasteiger charge is -2.19. The Bertz CT molecular complexity index is 911. The Morgan fingerprint density at radius 2 is 1.67 bits per heavy atom. The molecule has 156 valence electrons. The number of alkyl carbamates (subject to hydrolysis) is 1. The van der Waals surface area contributed by atoms with E-state index in [1.165, 1.54) is 0 Å². The van der Waals surface area contributed by atoms with E-state index < -0.39 is 30.6 Å². The van der Waals surface area contributed by atoms with Crippen molar-refractivity contribution < 1.29 is 24.2 Å². The SMILES string of the molecule is C=CCCC(NC(=O)OCC1c2ccccc2-c2ccccc21)C(=O)NCC(=O)O. The van der Waals surface area contributed by atoms with Crippen LogP contribution in [0.1, 0.15) is 29.9 Å². The first-order valence-electron chi connectivity index (χ1n) is 9.73. The number of carbonyl (C=O) groups is 3. The number of rotatable bonds is 9. The van der Waals surface area contributed by atoms with Gasteiger partial charge in [0, 0.05) is 5.92 Å². The lowest BCUT2D eigenvalue weighted by molar-refractivity contribution is -0.138. The van der Waals surface area contributed by atoms with Crippen LogP contribution in [0, 0.1) is 0 Å². The Balaban J connectivity index is 1.64. The minimum Gasteiger partial charge on any atom is -0.480 e. The summed E-state index contributed by atoms with van der Waals surface area (Å²) in [5.41, 5.74) is 4.43. The number of carboxylic acids is 1. The van der Waals surface area contributed by atoms with Gasteiger partial charge in [-0.15, -0.1) is 6.58 Å². The first-order valence-corrected chi connectivity index (χ1v) is 9.73. The molecule has 0 bridgehead atoms. The summed E-state index contributed by atoms with van der Waals surface area (Å²) in [5.74, 6) is -1.82. The molecule has 30 heavy (non-hydrogen) atoms. The van der Waals surface area contributed by atoms with Crippen molar-refractivity contribution in [2.75, 3.05) is 13.2 Å². The van der Waals surface area contributed by atoms with Gasteiger partial charge in [-0.2, -0.15) is 0 Å². The Hall–Kier alpha value is -3.61. The van der Waals surface area contributed by atoms with E-state index in [4.69, 9.17) is 9.84 Å². The fourth-order valence-corrected chi connectivity index (χ4v) is 3.62. The van der Waals surface area contributed by atoms with Gasteiger partial charge in [0.15, 0.2) is 0 Å². The predicted octanol–water partition coefficient (Wildman–Crippen LogP) is 3.06. The summed E-state index contributed by atoms with van der Waals surface area (Å²) < 4.78 is 5.45. The van der Waals surface area contributed by atoms with Gasteiger partial charge >= 0.3 is 12.1 Å². The van der Waals surface area contributed by atoms with Gasteiger partial charge in [-0.25, -0.2) is 4.79 Å². The number of carbonyl (C=O) groups excluding carboxylic acids is 2. The number of hydrogen-bond acceptors (Lipinski definition) is 4. The molecule has 0 fully saturated rings. The summed E-state index contributed by atoms with van der Waals surface area (Å²) in [6.45, 7) is 3.22. The van der Waals surface area contributed by atoms with Gasteiger partial charge in [0.05, 0.1) is 0 Å². The minimum absolute atomic E-state index is 0.0874. The van der Waals surface area contributed by atoms with Gasteiger partial charge in [-0.05, 0) is 35.1 Å². The molecule has 1 aliphatic carbocycles. The zero-order valence-corrected chi connectivity index (χ0v) is 16.5. The largest absolute Gasteiger partial charge is 0.480 e. The molecule has 7 heteroatoms. The monoisotopic (exact) mass is 408 g/mol. The molecule has 3 rings (SSSR count). The maximum atomic E-state index is 12.4. The Morgan fingerprint density at radius 3 is 2.23 bits per heavy atom. The predicted molar refractivity (Wildman–Crippen MR) is 112 cm³/mol. The molecule has 1 aliphatic rings. The van der Waals surface area contributed by atoms with Gasteiger partial charge < -0.3 is 20.5 Å². The summed E-state index contributed by atoms with van der Waals surface area (Å²) in [7, 11) is 0. The summed E-state index contributed by atoms with van der Waals surface area (Å²) in [6, 6.07) is 15.1. The zero-order chi connectivity index (χ0) is 21.5. The fraction of sp³-hybridized carbons (Fsp3) is 0.261. The van der Waals surface area contributed by atoms with Crippen LogP contribution in [0.25, 0.3) is 11.1 Å². The molecule has 2 aromatic carbocycles. The van der Waals surface area contributed by atoms with Crippen molar-refractivity contribution in [3.63, 3.8) is 0 Å². The van der Waals surface area contributed by atoms with Crippen molar-refractivity contribution in [2.24, 2.45) is 0 Å². The molecular weight excluding hydrogens is 384 g/mol. The van der Waals surface area contributed by atoms with Crippen LogP contribution < -0.4 is 10.6 Å². The van der Waals surface area contributed by atoms with E-state index in [1.807, 2.05) is 48.5 Å². The zero-order valence-electron chi connectivity index (χ0n) is 16.5.